The van der Waals surface area contributed by atoms with Gasteiger partial charge in [-0.05, 0) is 61.8 Å². The summed E-state index contributed by atoms with van der Waals surface area (Å²) in [5.41, 5.74) is -0.239. The Labute approximate surface area is 182 Å². The fourth-order valence-corrected chi connectivity index (χ4v) is 4.77. The smallest absolute Gasteiger partial charge is 0.315 e. The van der Waals surface area contributed by atoms with Gasteiger partial charge < -0.3 is 9.47 Å². The first-order valence-corrected chi connectivity index (χ1v) is 10.3. The molecule has 5 rings (SSSR count). The number of carbonyl (C=O) groups excluding carboxylic acids is 2. The summed E-state index contributed by atoms with van der Waals surface area (Å²) >= 11 is 0. The molecular weight excluding hydrogens is 420 g/mol. The molecule has 3 aliphatic carbocycles. The molecule has 3 fully saturated rings. The van der Waals surface area contributed by atoms with Crippen molar-refractivity contribution >= 4 is 23.3 Å². The standard InChI is InChI=1S/C22H20N2O8/c25-21(31-17-9-5-15(6-10-17)23(27)28)19-13-1-2-14(4-3-13)20(19)22(26)32-18-11-7-16(8-12-18)24(29)30/h5-14,19-20H,1-4H2/t13?,14?,19-,20-/m1/s1. The Morgan fingerprint density at radius 3 is 1.25 bits per heavy atom. The van der Waals surface area contributed by atoms with Crippen molar-refractivity contribution in [2.45, 2.75) is 25.7 Å². The molecule has 2 aromatic rings. The van der Waals surface area contributed by atoms with Gasteiger partial charge in [-0.15, -0.1) is 0 Å². The summed E-state index contributed by atoms with van der Waals surface area (Å²) in [7, 11) is 0. The quantitative estimate of drug-likeness (QED) is 0.283. The van der Waals surface area contributed by atoms with E-state index in [0.29, 0.717) is 0 Å². The summed E-state index contributed by atoms with van der Waals surface area (Å²) in [4.78, 5) is 46.6. The van der Waals surface area contributed by atoms with Crippen molar-refractivity contribution < 1.29 is 28.9 Å². The Kier molecular flexibility index (Phi) is 5.85. The second-order valence-corrected chi connectivity index (χ2v) is 8.07. The molecule has 0 N–H and O–H groups in total. The second kappa shape index (κ2) is 8.74. The fraction of sp³-hybridized carbons (Fsp3) is 0.364. The minimum atomic E-state index is -0.678. The lowest BCUT2D eigenvalue weighted by atomic mass is 9.58. The fourth-order valence-electron chi connectivity index (χ4n) is 4.77. The first kappa shape index (κ1) is 21.4. The van der Waals surface area contributed by atoms with E-state index in [-0.39, 0.29) is 34.7 Å². The lowest BCUT2D eigenvalue weighted by Crippen LogP contribution is -2.49. The molecule has 0 unspecified atom stereocenters. The van der Waals surface area contributed by atoms with Crippen LogP contribution in [0.4, 0.5) is 11.4 Å². The summed E-state index contributed by atoms with van der Waals surface area (Å²) in [6, 6.07) is 10.4. The number of rotatable bonds is 6. The predicted octanol–water partition coefficient (Wildman–Crippen LogP) is 4.07. The molecule has 3 aliphatic rings. The van der Waals surface area contributed by atoms with Crippen LogP contribution in [0.5, 0.6) is 11.5 Å². The molecule has 0 aliphatic heterocycles. The van der Waals surface area contributed by atoms with Crippen molar-refractivity contribution in [3.63, 3.8) is 0 Å². The van der Waals surface area contributed by atoms with E-state index < -0.39 is 33.6 Å². The first-order valence-electron chi connectivity index (χ1n) is 10.3. The van der Waals surface area contributed by atoms with Crippen LogP contribution in [0.25, 0.3) is 0 Å². The molecule has 166 valence electrons. The Balaban J connectivity index is 1.50. The third kappa shape index (κ3) is 4.29. The van der Waals surface area contributed by atoms with Crippen LogP contribution in [-0.2, 0) is 9.59 Å². The van der Waals surface area contributed by atoms with Crippen LogP contribution in [-0.4, -0.2) is 21.8 Å². The SMILES string of the molecule is O=C(Oc1ccc([N+](=O)[O-])cc1)[C@@H]1C2CCC(CC2)[C@H]1C(=O)Oc1ccc([N+](=O)[O-])cc1. The van der Waals surface area contributed by atoms with Crippen LogP contribution >= 0.6 is 0 Å². The van der Waals surface area contributed by atoms with Crippen molar-refractivity contribution in [2.24, 2.45) is 23.7 Å². The molecular formula is C22H20N2O8. The largest absolute Gasteiger partial charge is 0.426 e. The Morgan fingerprint density at radius 2 is 0.969 bits per heavy atom. The minimum absolute atomic E-state index is 0.0139. The third-order valence-electron chi connectivity index (χ3n) is 6.30. The topological polar surface area (TPSA) is 139 Å². The van der Waals surface area contributed by atoms with Crippen LogP contribution in [0.1, 0.15) is 25.7 Å². The lowest BCUT2D eigenvalue weighted by molar-refractivity contribution is -0.385. The van der Waals surface area contributed by atoms with Gasteiger partial charge in [0, 0.05) is 24.3 Å². The highest BCUT2D eigenvalue weighted by Gasteiger charge is 2.52. The molecule has 0 aromatic heterocycles. The van der Waals surface area contributed by atoms with Crippen molar-refractivity contribution in [3.8, 4) is 11.5 Å². The first-order chi connectivity index (χ1) is 15.3. The number of hydrogen-bond donors (Lipinski definition) is 0. The molecule has 10 nitrogen and oxygen atoms in total. The van der Waals surface area contributed by atoms with E-state index in [1.807, 2.05) is 0 Å². The third-order valence-corrected chi connectivity index (χ3v) is 6.30. The van der Waals surface area contributed by atoms with E-state index in [1.165, 1.54) is 48.5 Å². The van der Waals surface area contributed by atoms with Gasteiger partial charge in [-0.2, -0.15) is 0 Å². The van der Waals surface area contributed by atoms with Crippen molar-refractivity contribution in [1.29, 1.82) is 0 Å². The molecule has 0 saturated heterocycles. The van der Waals surface area contributed by atoms with Crippen LogP contribution in [0.15, 0.2) is 48.5 Å². The van der Waals surface area contributed by atoms with Crippen molar-refractivity contribution in [1.82, 2.24) is 0 Å². The number of benzene rings is 2. The van der Waals surface area contributed by atoms with Gasteiger partial charge in [-0.1, -0.05) is 0 Å². The average Bonchev–Trinajstić information content (AvgIpc) is 2.79. The summed E-state index contributed by atoms with van der Waals surface area (Å²) < 4.78 is 10.9. The number of non-ortho nitro benzene ring substituents is 2. The van der Waals surface area contributed by atoms with Crippen LogP contribution in [0.2, 0.25) is 0 Å². The maximum atomic E-state index is 13.0. The summed E-state index contributed by atoms with van der Waals surface area (Å²) in [6.45, 7) is 0. The van der Waals surface area contributed by atoms with Gasteiger partial charge in [-0.25, -0.2) is 0 Å². The molecule has 2 aromatic carbocycles. The minimum Gasteiger partial charge on any atom is -0.426 e. The molecule has 2 bridgehead atoms. The number of hydrogen-bond acceptors (Lipinski definition) is 8. The van der Waals surface area contributed by atoms with Crippen molar-refractivity contribution in [3.05, 3.63) is 68.8 Å². The number of esters is 2. The molecule has 10 heteroatoms. The zero-order chi connectivity index (χ0) is 22.8. The number of carbonyl (C=O) groups is 2. The lowest BCUT2D eigenvalue weighted by Gasteiger charge is -2.45. The van der Waals surface area contributed by atoms with Gasteiger partial charge >= 0.3 is 11.9 Å². The summed E-state index contributed by atoms with van der Waals surface area (Å²) in [5, 5.41) is 21.6. The molecule has 2 atom stereocenters. The maximum Gasteiger partial charge on any atom is 0.315 e. The zero-order valence-corrected chi connectivity index (χ0v) is 16.9. The van der Waals surface area contributed by atoms with E-state index in [0.717, 1.165) is 25.7 Å². The number of fused-ring (bicyclic) bond motifs is 3. The predicted molar refractivity (Wildman–Crippen MR) is 110 cm³/mol. The molecule has 0 amide bonds. The highest BCUT2D eigenvalue weighted by molar-refractivity contribution is 5.85. The summed E-state index contributed by atoms with van der Waals surface area (Å²) in [6.07, 6.45) is 3.25. The van der Waals surface area contributed by atoms with E-state index in [4.69, 9.17) is 9.47 Å². The van der Waals surface area contributed by atoms with Gasteiger partial charge in [0.1, 0.15) is 11.5 Å². The highest BCUT2D eigenvalue weighted by Crippen LogP contribution is 2.50. The average molecular weight is 440 g/mol. The monoisotopic (exact) mass is 440 g/mol. The van der Waals surface area contributed by atoms with Gasteiger partial charge in [0.2, 0.25) is 0 Å². The second-order valence-electron chi connectivity index (χ2n) is 8.07. The zero-order valence-electron chi connectivity index (χ0n) is 16.9. The van der Waals surface area contributed by atoms with Gasteiger partial charge in [0.15, 0.2) is 0 Å². The molecule has 32 heavy (non-hydrogen) atoms. The van der Waals surface area contributed by atoms with E-state index in [1.54, 1.807) is 0 Å². The van der Waals surface area contributed by atoms with Gasteiger partial charge in [0.25, 0.3) is 11.4 Å². The number of nitro benzene ring substituents is 2. The van der Waals surface area contributed by atoms with E-state index >= 15 is 0 Å². The van der Waals surface area contributed by atoms with Crippen LogP contribution in [0, 0.1) is 43.9 Å². The Hall–Kier alpha value is -3.82. The van der Waals surface area contributed by atoms with Crippen molar-refractivity contribution in [2.75, 3.05) is 0 Å². The highest BCUT2D eigenvalue weighted by atomic mass is 16.6. The Morgan fingerprint density at radius 1 is 0.656 bits per heavy atom. The summed E-state index contributed by atoms with van der Waals surface area (Å²) in [5.74, 6) is -2.15. The molecule has 0 heterocycles. The van der Waals surface area contributed by atoms with E-state index in [9.17, 15) is 29.8 Å². The van der Waals surface area contributed by atoms with Crippen LogP contribution in [0.3, 0.4) is 0 Å². The number of nitro groups is 2. The van der Waals surface area contributed by atoms with Gasteiger partial charge in [0.05, 0.1) is 21.7 Å². The molecule has 3 saturated carbocycles. The number of ether oxygens (including phenoxy) is 2. The normalized spacial score (nSPS) is 23.9. The molecule has 0 radical (unpaired) electrons. The Bertz CT molecular complexity index is 957. The molecule has 0 spiro atoms. The van der Waals surface area contributed by atoms with Gasteiger partial charge in [-0.3, -0.25) is 29.8 Å². The maximum absolute atomic E-state index is 13.0. The van der Waals surface area contributed by atoms with E-state index in [2.05, 4.69) is 0 Å². The van der Waals surface area contributed by atoms with Crippen LogP contribution < -0.4 is 9.47 Å². The number of nitrogens with zero attached hydrogens (tertiary/aromatic N) is 2.